The quantitative estimate of drug-likeness (QED) is 0.399. The van der Waals surface area contributed by atoms with Crippen molar-refractivity contribution in [1.82, 2.24) is 14.9 Å². The molecule has 0 bridgehead atoms. The van der Waals surface area contributed by atoms with E-state index in [0.29, 0.717) is 19.6 Å². The number of anilines is 1. The number of aromatic nitrogens is 2. The second kappa shape index (κ2) is 9.31. The minimum absolute atomic E-state index is 0.0518. The first-order chi connectivity index (χ1) is 17.1. The molecule has 1 N–H and O–H groups in total. The van der Waals surface area contributed by atoms with Crippen LogP contribution in [0.25, 0.3) is 10.9 Å². The van der Waals surface area contributed by atoms with Gasteiger partial charge in [-0.1, -0.05) is 0 Å². The summed E-state index contributed by atoms with van der Waals surface area (Å²) in [7, 11) is -0.345. The molecule has 1 saturated heterocycles. The van der Waals surface area contributed by atoms with Gasteiger partial charge in [0, 0.05) is 59.8 Å². The van der Waals surface area contributed by atoms with Crippen molar-refractivity contribution in [1.29, 1.82) is 0 Å². The van der Waals surface area contributed by atoms with Crippen LogP contribution in [-0.2, 0) is 17.5 Å². The lowest BCUT2D eigenvalue weighted by Crippen LogP contribution is -2.51. The van der Waals surface area contributed by atoms with Crippen LogP contribution in [0.5, 0.6) is 0 Å². The molecule has 2 aromatic carbocycles. The normalized spacial score (nSPS) is 23.6. The van der Waals surface area contributed by atoms with E-state index in [2.05, 4.69) is 10.3 Å². The minimum Gasteiger partial charge on any atom is -0.379 e. The summed E-state index contributed by atoms with van der Waals surface area (Å²) in [5.41, 5.74) is -1.23. The van der Waals surface area contributed by atoms with E-state index in [0.717, 1.165) is 24.3 Å². The maximum atomic E-state index is 15.0. The molecular weight excluding hydrogens is 503 g/mol. The lowest BCUT2D eigenvalue weighted by molar-refractivity contribution is -0.137. The van der Waals surface area contributed by atoms with Crippen LogP contribution in [-0.4, -0.2) is 54.2 Å². The molecule has 0 amide bonds. The Bertz CT molecular complexity index is 1380. The molecule has 2 aliphatic rings. The Morgan fingerprint density at radius 3 is 2.61 bits per heavy atom. The third-order valence-corrected chi connectivity index (χ3v) is 9.37. The molecule has 3 atom stereocenters. The van der Waals surface area contributed by atoms with Crippen LogP contribution >= 0.6 is 10.9 Å². The molecule has 0 saturated carbocycles. The number of piperazine rings is 1. The first-order valence-electron chi connectivity index (χ1n) is 11.5. The summed E-state index contributed by atoms with van der Waals surface area (Å²) in [6.45, 7) is 3.58. The third kappa shape index (κ3) is 4.35. The predicted molar refractivity (Wildman–Crippen MR) is 128 cm³/mol. The van der Waals surface area contributed by atoms with E-state index in [1.807, 2.05) is 11.8 Å². The molecular formula is C24H25F5N4O2S. The van der Waals surface area contributed by atoms with Gasteiger partial charge >= 0.3 is 11.9 Å². The summed E-state index contributed by atoms with van der Waals surface area (Å²) in [5.74, 6) is -1.29. The first-order valence-corrected chi connectivity index (χ1v) is 13.0. The zero-order valence-corrected chi connectivity index (χ0v) is 20.5. The van der Waals surface area contributed by atoms with Gasteiger partial charge in [0.1, 0.15) is 17.5 Å². The Labute approximate surface area is 206 Å². The van der Waals surface area contributed by atoms with Crippen LogP contribution < -0.4 is 15.9 Å². The number of nitrogens with zero attached hydrogens (tertiary/aromatic N) is 3. The van der Waals surface area contributed by atoms with Gasteiger partial charge in [-0.3, -0.25) is 4.57 Å². The molecule has 0 radical (unpaired) electrons. The number of rotatable bonds is 3. The summed E-state index contributed by atoms with van der Waals surface area (Å²) < 4.78 is 78.0. The Morgan fingerprint density at radius 2 is 1.94 bits per heavy atom. The molecule has 36 heavy (non-hydrogen) atoms. The third-order valence-electron chi connectivity index (χ3n) is 6.73. The number of nitrogens with one attached hydrogen (secondary N) is 1. The number of ether oxygens (including phenoxy) is 1. The number of methoxy groups -OCH3 is 1. The van der Waals surface area contributed by atoms with Crippen LogP contribution in [0.15, 0.2) is 44.9 Å². The lowest BCUT2D eigenvalue weighted by atomic mass is 10.1. The summed E-state index contributed by atoms with van der Waals surface area (Å²) in [6.07, 6.45) is -5.28. The zero-order valence-electron chi connectivity index (χ0n) is 19.6. The number of hydrogen-bond acceptors (Lipinski definition) is 5. The highest BCUT2D eigenvalue weighted by Crippen LogP contribution is 2.52. The van der Waals surface area contributed by atoms with Crippen LogP contribution in [0, 0.1) is 11.6 Å². The van der Waals surface area contributed by atoms with E-state index in [9.17, 15) is 22.4 Å². The van der Waals surface area contributed by atoms with Crippen molar-refractivity contribution < 1.29 is 26.7 Å². The van der Waals surface area contributed by atoms with Gasteiger partial charge in [-0.2, -0.15) is 29.1 Å². The Morgan fingerprint density at radius 1 is 1.17 bits per heavy atom. The maximum absolute atomic E-state index is 15.0. The molecule has 194 valence electrons. The van der Waals surface area contributed by atoms with E-state index in [1.165, 1.54) is 17.7 Å². The van der Waals surface area contributed by atoms with E-state index in [4.69, 9.17) is 4.74 Å². The number of hydrogen-bond donors (Lipinski definition) is 2. The van der Waals surface area contributed by atoms with Crippen LogP contribution in [0.1, 0.15) is 12.5 Å². The number of benzene rings is 2. The van der Waals surface area contributed by atoms with Crippen molar-refractivity contribution in [2.24, 2.45) is 0 Å². The van der Waals surface area contributed by atoms with Gasteiger partial charge in [0.2, 0.25) is 0 Å². The fourth-order valence-corrected chi connectivity index (χ4v) is 7.63. The van der Waals surface area contributed by atoms with Crippen molar-refractivity contribution in [2.45, 2.75) is 41.6 Å². The SMILES string of the molecule is COC1Cn2c(=O)nc(N3CCNCC3C)c3cc(C(F)(F)F)cc(c32)[SH](c2ccc(F)cc2F)C1. The molecule has 1 fully saturated rings. The highest BCUT2D eigenvalue weighted by atomic mass is 32.2. The number of halogens is 5. The second-order valence-corrected chi connectivity index (χ2v) is 11.2. The molecule has 3 unspecified atom stereocenters. The predicted octanol–water partition coefficient (Wildman–Crippen LogP) is 3.94. The highest BCUT2D eigenvalue weighted by molar-refractivity contribution is 8.17. The van der Waals surface area contributed by atoms with Crippen molar-refractivity contribution in [3.63, 3.8) is 0 Å². The van der Waals surface area contributed by atoms with Crippen molar-refractivity contribution in [3.8, 4) is 0 Å². The molecule has 1 aromatic heterocycles. The average Bonchev–Trinajstić information content (AvgIpc) is 2.99. The Kier molecular flexibility index (Phi) is 6.46. The molecule has 2 aliphatic heterocycles. The standard InChI is InChI=1S/C24H25F5N4O2S/c1-13-10-30-5-6-32(13)22-17-7-14(24(27,28)29)8-20-21(17)33(23(34)31-22)11-16(35-2)12-36(20)19-4-3-15(25)9-18(19)26/h3-4,7-9,13,16,30,36H,5-6,10-12H2,1-2H3. The summed E-state index contributed by atoms with van der Waals surface area (Å²) in [5, 5.41) is 3.40. The fraction of sp³-hybridized carbons (Fsp3) is 0.417. The van der Waals surface area contributed by atoms with Gasteiger partial charge in [0.25, 0.3) is 0 Å². The van der Waals surface area contributed by atoms with Crippen molar-refractivity contribution in [2.75, 3.05) is 37.4 Å². The number of alkyl halides is 3. The van der Waals surface area contributed by atoms with Crippen LogP contribution in [0.3, 0.4) is 0 Å². The molecule has 5 rings (SSSR count). The van der Waals surface area contributed by atoms with Gasteiger partial charge in [-0.25, -0.2) is 13.6 Å². The molecule has 0 aliphatic carbocycles. The Hall–Kier alpha value is -2.70. The van der Waals surface area contributed by atoms with E-state index in [1.54, 1.807) is 0 Å². The largest absolute Gasteiger partial charge is 0.416 e. The monoisotopic (exact) mass is 528 g/mol. The second-order valence-electron chi connectivity index (χ2n) is 9.03. The number of thiol groups is 1. The zero-order chi connectivity index (χ0) is 25.8. The molecule has 0 spiro atoms. The van der Waals surface area contributed by atoms with E-state index >= 15 is 4.39 Å². The average molecular weight is 529 g/mol. The van der Waals surface area contributed by atoms with Crippen LogP contribution in [0.2, 0.25) is 0 Å². The molecule has 3 aromatic rings. The smallest absolute Gasteiger partial charge is 0.379 e. The minimum atomic E-state index is -4.69. The van der Waals surface area contributed by atoms with Gasteiger partial charge in [-0.05, 0) is 31.2 Å². The van der Waals surface area contributed by atoms with Gasteiger partial charge in [-0.15, -0.1) is 0 Å². The summed E-state index contributed by atoms with van der Waals surface area (Å²) in [6, 6.07) is 4.98. The summed E-state index contributed by atoms with van der Waals surface area (Å²) in [4.78, 5) is 19.7. The topological polar surface area (TPSA) is 59.4 Å². The molecule has 3 heterocycles. The highest BCUT2D eigenvalue weighted by Gasteiger charge is 2.36. The van der Waals surface area contributed by atoms with E-state index < -0.39 is 46.1 Å². The fourth-order valence-electron chi connectivity index (χ4n) is 4.93. The van der Waals surface area contributed by atoms with Gasteiger partial charge in [0.05, 0.1) is 23.7 Å². The van der Waals surface area contributed by atoms with E-state index in [-0.39, 0.29) is 44.9 Å². The molecule has 12 heteroatoms. The maximum Gasteiger partial charge on any atom is 0.416 e. The van der Waals surface area contributed by atoms with Crippen molar-refractivity contribution in [3.05, 3.63) is 58.0 Å². The summed E-state index contributed by atoms with van der Waals surface area (Å²) >= 11 is 0. The first kappa shape index (κ1) is 25.0. The van der Waals surface area contributed by atoms with Gasteiger partial charge in [0.15, 0.2) is 0 Å². The Balaban J connectivity index is 1.88. The molecule has 6 nitrogen and oxygen atoms in total. The lowest BCUT2D eigenvalue weighted by Gasteiger charge is -2.36. The van der Waals surface area contributed by atoms with Crippen molar-refractivity contribution >= 4 is 27.6 Å². The van der Waals surface area contributed by atoms with Crippen LogP contribution in [0.4, 0.5) is 27.8 Å². The van der Waals surface area contributed by atoms with Gasteiger partial charge < -0.3 is 15.0 Å².